The van der Waals surface area contributed by atoms with E-state index >= 15 is 0 Å². The van der Waals surface area contributed by atoms with Crippen molar-refractivity contribution < 1.29 is 4.74 Å². The molecule has 5 heteroatoms. The number of ether oxygens (including phenoxy) is 1. The van der Waals surface area contributed by atoms with Gasteiger partial charge in [0.05, 0.1) is 7.11 Å². The van der Waals surface area contributed by atoms with Gasteiger partial charge in [-0.1, -0.05) is 36.4 Å². The van der Waals surface area contributed by atoms with Gasteiger partial charge in [-0.25, -0.2) is 9.97 Å². The maximum atomic E-state index is 5.35. The highest BCUT2D eigenvalue weighted by Gasteiger charge is 2.22. The number of nitrogens with zero attached hydrogens (tertiary/aromatic N) is 3. The third-order valence-electron chi connectivity index (χ3n) is 5.19. The van der Waals surface area contributed by atoms with E-state index < -0.39 is 0 Å². The number of hydrogen-bond donors (Lipinski definition) is 1. The molecule has 0 amide bonds. The highest BCUT2D eigenvalue weighted by molar-refractivity contribution is 5.51. The Bertz CT molecular complexity index is 900. The SMILES string of the molecule is COc1cccc(N2CCC(CNc3ccnc(Cc4ccccc4)n3)C2)c1. The predicted octanol–water partition coefficient (Wildman–Crippen LogP) is 4.01. The van der Waals surface area contributed by atoms with Gasteiger partial charge in [0.15, 0.2) is 0 Å². The molecule has 1 fully saturated rings. The first-order valence-corrected chi connectivity index (χ1v) is 9.79. The van der Waals surface area contributed by atoms with Crippen LogP contribution in [0.25, 0.3) is 0 Å². The molecule has 1 aliphatic rings. The molecule has 1 saturated heterocycles. The topological polar surface area (TPSA) is 50.3 Å². The minimum Gasteiger partial charge on any atom is -0.497 e. The van der Waals surface area contributed by atoms with Crippen molar-refractivity contribution in [3.05, 3.63) is 78.2 Å². The first-order chi connectivity index (χ1) is 13.8. The summed E-state index contributed by atoms with van der Waals surface area (Å²) in [7, 11) is 1.71. The Balaban J connectivity index is 1.32. The lowest BCUT2D eigenvalue weighted by Gasteiger charge is -2.19. The van der Waals surface area contributed by atoms with Gasteiger partial charge in [-0.2, -0.15) is 0 Å². The molecule has 1 atom stereocenters. The fraction of sp³-hybridized carbons (Fsp3) is 0.304. The number of rotatable bonds is 7. The summed E-state index contributed by atoms with van der Waals surface area (Å²) in [4.78, 5) is 11.5. The second-order valence-electron chi connectivity index (χ2n) is 7.20. The molecule has 5 nitrogen and oxygen atoms in total. The van der Waals surface area contributed by atoms with Crippen molar-refractivity contribution in [1.82, 2.24) is 9.97 Å². The first kappa shape index (κ1) is 18.3. The molecule has 2 aromatic carbocycles. The van der Waals surface area contributed by atoms with Crippen molar-refractivity contribution in [1.29, 1.82) is 0 Å². The fourth-order valence-electron chi connectivity index (χ4n) is 3.65. The van der Waals surface area contributed by atoms with E-state index in [1.54, 1.807) is 7.11 Å². The highest BCUT2D eigenvalue weighted by atomic mass is 16.5. The van der Waals surface area contributed by atoms with Crippen molar-refractivity contribution in [2.75, 3.05) is 37.0 Å². The molecule has 2 heterocycles. The van der Waals surface area contributed by atoms with E-state index in [0.717, 1.165) is 43.4 Å². The van der Waals surface area contributed by atoms with E-state index in [9.17, 15) is 0 Å². The molecule has 28 heavy (non-hydrogen) atoms. The molecule has 1 unspecified atom stereocenters. The summed E-state index contributed by atoms with van der Waals surface area (Å²) in [6, 6.07) is 20.6. The Morgan fingerprint density at radius 2 is 2.00 bits per heavy atom. The van der Waals surface area contributed by atoms with Crippen LogP contribution < -0.4 is 15.0 Å². The predicted molar refractivity (Wildman–Crippen MR) is 113 cm³/mol. The number of hydrogen-bond acceptors (Lipinski definition) is 5. The van der Waals surface area contributed by atoms with E-state index in [-0.39, 0.29) is 0 Å². The van der Waals surface area contributed by atoms with Crippen molar-refractivity contribution in [3.8, 4) is 5.75 Å². The van der Waals surface area contributed by atoms with Gasteiger partial charge in [0, 0.05) is 44.0 Å². The summed E-state index contributed by atoms with van der Waals surface area (Å²) in [5.74, 6) is 3.26. The van der Waals surface area contributed by atoms with Crippen LogP contribution in [0.1, 0.15) is 17.8 Å². The lowest BCUT2D eigenvalue weighted by molar-refractivity contribution is 0.415. The highest BCUT2D eigenvalue weighted by Crippen LogP contribution is 2.27. The zero-order valence-electron chi connectivity index (χ0n) is 16.2. The van der Waals surface area contributed by atoms with Crippen molar-refractivity contribution >= 4 is 11.5 Å². The summed E-state index contributed by atoms with van der Waals surface area (Å²) in [6.45, 7) is 3.03. The standard InChI is InChI=1S/C23H26N4O/c1-28-21-9-5-8-20(15-21)27-13-11-19(17-27)16-25-22-10-12-24-23(26-22)14-18-6-3-2-4-7-18/h2-10,12,15,19H,11,13-14,16-17H2,1H3,(H,24,25,26). The van der Waals surface area contributed by atoms with E-state index in [4.69, 9.17) is 4.74 Å². The molecule has 0 saturated carbocycles. The summed E-state index contributed by atoms with van der Waals surface area (Å²) in [5, 5.41) is 3.50. The second-order valence-corrected chi connectivity index (χ2v) is 7.20. The number of aromatic nitrogens is 2. The van der Waals surface area contributed by atoms with Gasteiger partial charge in [-0.3, -0.25) is 0 Å². The van der Waals surface area contributed by atoms with Gasteiger partial charge in [0.2, 0.25) is 0 Å². The van der Waals surface area contributed by atoms with Crippen LogP contribution >= 0.6 is 0 Å². The molecule has 144 valence electrons. The summed E-state index contributed by atoms with van der Waals surface area (Å²) < 4.78 is 5.35. The maximum absolute atomic E-state index is 5.35. The Morgan fingerprint density at radius 3 is 2.86 bits per heavy atom. The lowest BCUT2D eigenvalue weighted by Crippen LogP contribution is -2.22. The number of anilines is 2. The van der Waals surface area contributed by atoms with Crippen LogP contribution in [-0.2, 0) is 6.42 Å². The van der Waals surface area contributed by atoms with Crippen LogP contribution in [0.3, 0.4) is 0 Å². The molecule has 1 aromatic heterocycles. The maximum Gasteiger partial charge on any atom is 0.135 e. The zero-order valence-corrected chi connectivity index (χ0v) is 16.2. The molecular weight excluding hydrogens is 348 g/mol. The largest absolute Gasteiger partial charge is 0.497 e. The summed E-state index contributed by atoms with van der Waals surface area (Å²) in [6.07, 6.45) is 3.76. The Labute approximate surface area is 166 Å². The summed E-state index contributed by atoms with van der Waals surface area (Å²) in [5.41, 5.74) is 2.46. The molecule has 0 spiro atoms. The lowest BCUT2D eigenvalue weighted by atomic mass is 10.1. The molecule has 0 bridgehead atoms. The Morgan fingerprint density at radius 1 is 1.11 bits per heavy atom. The third-order valence-corrected chi connectivity index (χ3v) is 5.19. The first-order valence-electron chi connectivity index (χ1n) is 9.79. The van der Waals surface area contributed by atoms with Crippen molar-refractivity contribution in [2.45, 2.75) is 12.8 Å². The van der Waals surface area contributed by atoms with Crippen LogP contribution in [-0.4, -0.2) is 36.7 Å². The van der Waals surface area contributed by atoms with Crippen LogP contribution in [0.2, 0.25) is 0 Å². The van der Waals surface area contributed by atoms with Crippen LogP contribution in [0.5, 0.6) is 5.75 Å². The number of nitrogens with one attached hydrogen (secondary N) is 1. The second kappa shape index (κ2) is 8.74. The summed E-state index contributed by atoms with van der Waals surface area (Å²) >= 11 is 0. The average molecular weight is 374 g/mol. The van der Waals surface area contributed by atoms with Gasteiger partial charge >= 0.3 is 0 Å². The zero-order chi connectivity index (χ0) is 19.2. The molecule has 0 aliphatic carbocycles. The van der Waals surface area contributed by atoms with E-state index in [1.165, 1.54) is 17.7 Å². The number of methoxy groups -OCH3 is 1. The van der Waals surface area contributed by atoms with Crippen molar-refractivity contribution in [3.63, 3.8) is 0 Å². The van der Waals surface area contributed by atoms with Gasteiger partial charge in [0.1, 0.15) is 17.4 Å². The minimum absolute atomic E-state index is 0.596. The fourth-order valence-corrected chi connectivity index (χ4v) is 3.65. The van der Waals surface area contributed by atoms with E-state index in [0.29, 0.717) is 5.92 Å². The van der Waals surface area contributed by atoms with Gasteiger partial charge in [-0.15, -0.1) is 0 Å². The smallest absolute Gasteiger partial charge is 0.135 e. The molecule has 1 aliphatic heterocycles. The Kier molecular flexibility index (Phi) is 5.71. The number of benzene rings is 2. The molecule has 1 N–H and O–H groups in total. The third kappa shape index (κ3) is 4.60. The normalized spacial score (nSPS) is 16.2. The van der Waals surface area contributed by atoms with Gasteiger partial charge in [0.25, 0.3) is 0 Å². The van der Waals surface area contributed by atoms with Crippen LogP contribution in [0, 0.1) is 5.92 Å². The van der Waals surface area contributed by atoms with E-state index in [1.807, 2.05) is 36.5 Å². The quantitative estimate of drug-likeness (QED) is 0.677. The molecular formula is C23H26N4O. The minimum atomic E-state index is 0.596. The molecule has 3 aromatic rings. The molecule has 0 radical (unpaired) electrons. The van der Waals surface area contributed by atoms with Crippen molar-refractivity contribution in [2.24, 2.45) is 5.92 Å². The Hall–Kier alpha value is -3.08. The van der Waals surface area contributed by atoms with Gasteiger partial charge in [-0.05, 0) is 36.1 Å². The monoisotopic (exact) mass is 374 g/mol. The van der Waals surface area contributed by atoms with Crippen LogP contribution in [0.15, 0.2) is 66.9 Å². The average Bonchev–Trinajstić information content (AvgIpc) is 3.23. The van der Waals surface area contributed by atoms with Gasteiger partial charge < -0.3 is 15.0 Å². The van der Waals surface area contributed by atoms with E-state index in [2.05, 4.69) is 50.5 Å². The molecule has 4 rings (SSSR count). The van der Waals surface area contributed by atoms with Crippen LogP contribution in [0.4, 0.5) is 11.5 Å².